The summed E-state index contributed by atoms with van der Waals surface area (Å²) in [4.78, 5) is 27.6. The molecule has 0 aliphatic carbocycles. The minimum absolute atomic E-state index is 0.225. The molecular weight excluding hydrogens is 372 g/mol. The van der Waals surface area contributed by atoms with Crippen molar-refractivity contribution in [3.05, 3.63) is 56.8 Å². The molecule has 1 amide bonds. The Balaban J connectivity index is 2.23. The highest BCUT2D eigenvalue weighted by Gasteiger charge is 2.24. The number of hydrogen-bond acceptors (Lipinski definition) is 3. The van der Waals surface area contributed by atoms with Crippen LogP contribution in [0, 0.1) is 6.92 Å². The van der Waals surface area contributed by atoms with Crippen LogP contribution in [-0.4, -0.2) is 24.0 Å². The minimum atomic E-state index is -0.418. The SMILES string of the molecule is CCCc1c(C(=O)NCc2cccc(Br)c2)[nH]c(C)c1C(=O)OC. The van der Waals surface area contributed by atoms with E-state index in [0.717, 1.165) is 16.5 Å². The third-order valence-corrected chi connectivity index (χ3v) is 4.24. The first-order valence-electron chi connectivity index (χ1n) is 7.80. The Bertz CT molecular complexity index is 753. The molecule has 0 saturated heterocycles. The normalized spacial score (nSPS) is 10.5. The molecule has 0 aliphatic heterocycles. The number of nitrogens with one attached hydrogen (secondary N) is 2. The monoisotopic (exact) mass is 392 g/mol. The van der Waals surface area contributed by atoms with Gasteiger partial charge in [-0.05, 0) is 36.6 Å². The first kappa shape index (κ1) is 18.3. The van der Waals surface area contributed by atoms with Gasteiger partial charge in [0.25, 0.3) is 5.91 Å². The maximum atomic E-state index is 12.6. The van der Waals surface area contributed by atoms with Crippen LogP contribution in [0.15, 0.2) is 28.7 Å². The first-order chi connectivity index (χ1) is 11.5. The van der Waals surface area contributed by atoms with Gasteiger partial charge in [-0.1, -0.05) is 41.4 Å². The van der Waals surface area contributed by atoms with Crippen LogP contribution in [0.1, 0.15) is 51.0 Å². The molecular formula is C18H21BrN2O3. The maximum absolute atomic E-state index is 12.6. The van der Waals surface area contributed by atoms with Crippen LogP contribution < -0.4 is 5.32 Å². The molecule has 0 fully saturated rings. The summed E-state index contributed by atoms with van der Waals surface area (Å²) in [6, 6.07) is 7.74. The van der Waals surface area contributed by atoms with Crippen LogP contribution in [0.25, 0.3) is 0 Å². The van der Waals surface area contributed by atoms with Gasteiger partial charge in [-0.2, -0.15) is 0 Å². The molecule has 2 aromatic rings. The van der Waals surface area contributed by atoms with Crippen LogP contribution >= 0.6 is 15.9 Å². The van der Waals surface area contributed by atoms with Crippen molar-refractivity contribution in [3.8, 4) is 0 Å². The number of ether oxygens (including phenoxy) is 1. The summed E-state index contributed by atoms with van der Waals surface area (Å²) in [6.07, 6.45) is 1.46. The maximum Gasteiger partial charge on any atom is 0.339 e. The van der Waals surface area contributed by atoms with E-state index in [0.29, 0.717) is 35.5 Å². The van der Waals surface area contributed by atoms with E-state index >= 15 is 0 Å². The van der Waals surface area contributed by atoms with Crippen molar-refractivity contribution in [1.82, 2.24) is 10.3 Å². The lowest BCUT2D eigenvalue weighted by atomic mass is 10.0. The second-order valence-corrected chi connectivity index (χ2v) is 6.45. The van der Waals surface area contributed by atoms with Crippen molar-refractivity contribution in [2.75, 3.05) is 7.11 Å². The van der Waals surface area contributed by atoms with Crippen molar-refractivity contribution >= 4 is 27.8 Å². The summed E-state index contributed by atoms with van der Waals surface area (Å²) in [5, 5.41) is 2.90. The zero-order chi connectivity index (χ0) is 17.7. The van der Waals surface area contributed by atoms with E-state index in [1.165, 1.54) is 7.11 Å². The third-order valence-electron chi connectivity index (χ3n) is 3.75. The minimum Gasteiger partial charge on any atom is -0.465 e. The molecule has 2 N–H and O–H groups in total. The van der Waals surface area contributed by atoms with Gasteiger partial charge in [-0.25, -0.2) is 4.79 Å². The van der Waals surface area contributed by atoms with E-state index in [9.17, 15) is 9.59 Å². The number of esters is 1. The summed E-state index contributed by atoms with van der Waals surface area (Å²) >= 11 is 3.41. The Kier molecular flexibility index (Phi) is 6.20. The van der Waals surface area contributed by atoms with Crippen molar-refractivity contribution < 1.29 is 14.3 Å². The van der Waals surface area contributed by atoms with Gasteiger partial charge in [-0.15, -0.1) is 0 Å². The lowest BCUT2D eigenvalue weighted by molar-refractivity contribution is 0.0599. The molecule has 1 aromatic heterocycles. The molecule has 5 nitrogen and oxygen atoms in total. The quantitative estimate of drug-likeness (QED) is 0.735. The van der Waals surface area contributed by atoms with Gasteiger partial charge >= 0.3 is 5.97 Å². The Hall–Kier alpha value is -2.08. The lowest BCUT2D eigenvalue weighted by Gasteiger charge is -2.08. The molecule has 0 spiro atoms. The zero-order valence-electron chi connectivity index (χ0n) is 14.0. The molecule has 1 aromatic carbocycles. The average Bonchev–Trinajstić information content (AvgIpc) is 2.89. The smallest absolute Gasteiger partial charge is 0.339 e. The van der Waals surface area contributed by atoms with Crippen molar-refractivity contribution in [2.45, 2.75) is 33.2 Å². The number of benzene rings is 1. The van der Waals surface area contributed by atoms with Crippen LogP contribution in [0.4, 0.5) is 0 Å². The van der Waals surface area contributed by atoms with Gasteiger partial charge in [-0.3, -0.25) is 4.79 Å². The fourth-order valence-corrected chi connectivity index (χ4v) is 3.11. The molecule has 0 unspecified atom stereocenters. The summed E-state index contributed by atoms with van der Waals surface area (Å²) in [5.74, 6) is -0.644. The molecule has 1 heterocycles. The molecule has 0 aliphatic rings. The van der Waals surface area contributed by atoms with E-state index in [4.69, 9.17) is 4.74 Å². The number of aryl methyl sites for hydroxylation is 1. The van der Waals surface area contributed by atoms with E-state index in [1.54, 1.807) is 6.92 Å². The number of methoxy groups -OCH3 is 1. The highest BCUT2D eigenvalue weighted by Crippen LogP contribution is 2.22. The van der Waals surface area contributed by atoms with Crippen molar-refractivity contribution in [3.63, 3.8) is 0 Å². The van der Waals surface area contributed by atoms with Gasteiger partial charge in [0.2, 0.25) is 0 Å². The number of amides is 1. The topological polar surface area (TPSA) is 71.2 Å². The van der Waals surface area contributed by atoms with Crippen LogP contribution in [0.3, 0.4) is 0 Å². The van der Waals surface area contributed by atoms with Crippen LogP contribution in [0.5, 0.6) is 0 Å². The summed E-state index contributed by atoms with van der Waals surface area (Å²) in [5.41, 5.74) is 3.26. The third kappa shape index (κ3) is 4.06. The number of halogens is 1. The summed E-state index contributed by atoms with van der Waals surface area (Å²) < 4.78 is 5.81. The number of aromatic amines is 1. The fourth-order valence-electron chi connectivity index (χ4n) is 2.67. The number of aromatic nitrogens is 1. The highest BCUT2D eigenvalue weighted by molar-refractivity contribution is 9.10. The second-order valence-electron chi connectivity index (χ2n) is 5.53. The molecule has 6 heteroatoms. The van der Waals surface area contributed by atoms with Gasteiger partial charge < -0.3 is 15.0 Å². The number of rotatable bonds is 6. The van der Waals surface area contributed by atoms with E-state index in [1.807, 2.05) is 31.2 Å². The van der Waals surface area contributed by atoms with Gasteiger partial charge in [0, 0.05) is 16.7 Å². The Labute approximate surface area is 149 Å². The number of carbonyl (C=O) groups is 2. The van der Waals surface area contributed by atoms with Crippen molar-refractivity contribution in [1.29, 1.82) is 0 Å². The predicted octanol–water partition coefficient (Wildman–Crippen LogP) is 3.75. The molecule has 0 atom stereocenters. The Morgan fingerprint density at radius 2 is 2.08 bits per heavy atom. The van der Waals surface area contributed by atoms with E-state index in [2.05, 4.69) is 26.2 Å². The molecule has 0 bridgehead atoms. The molecule has 0 radical (unpaired) electrons. The largest absolute Gasteiger partial charge is 0.465 e. The van der Waals surface area contributed by atoms with Gasteiger partial charge in [0.15, 0.2) is 0 Å². The van der Waals surface area contributed by atoms with E-state index < -0.39 is 5.97 Å². The molecule has 2 rings (SSSR count). The Morgan fingerprint density at radius 3 is 2.71 bits per heavy atom. The predicted molar refractivity (Wildman–Crippen MR) is 96.2 cm³/mol. The fraction of sp³-hybridized carbons (Fsp3) is 0.333. The van der Waals surface area contributed by atoms with E-state index in [-0.39, 0.29) is 5.91 Å². The standard InChI is InChI=1S/C18H21BrN2O3/c1-4-6-14-15(18(23)24-3)11(2)21-16(14)17(22)20-10-12-7-5-8-13(19)9-12/h5,7-9,21H,4,6,10H2,1-3H3,(H,20,22). The molecule has 128 valence electrons. The number of H-pyrrole nitrogens is 1. The van der Waals surface area contributed by atoms with Gasteiger partial charge in [0.1, 0.15) is 5.69 Å². The number of carbonyl (C=O) groups excluding carboxylic acids is 2. The highest BCUT2D eigenvalue weighted by atomic mass is 79.9. The van der Waals surface area contributed by atoms with Crippen LogP contribution in [0.2, 0.25) is 0 Å². The zero-order valence-corrected chi connectivity index (χ0v) is 15.6. The molecule has 24 heavy (non-hydrogen) atoms. The Morgan fingerprint density at radius 1 is 1.33 bits per heavy atom. The number of hydrogen-bond donors (Lipinski definition) is 2. The summed E-state index contributed by atoms with van der Waals surface area (Å²) in [6.45, 7) is 4.19. The average molecular weight is 393 g/mol. The molecule has 0 saturated carbocycles. The van der Waals surface area contributed by atoms with Gasteiger partial charge in [0.05, 0.1) is 12.7 Å². The summed E-state index contributed by atoms with van der Waals surface area (Å²) in [7, 11) is 1.34. The second kappa shape index (κ2) is 8.15. The van der Waals surface area contributed by atoms with Crippen LogP contribution in [-0.2, 0) is 17.7 Å². The van der Waals surface area contributed by atoms with Crippen molar-refractivity contribution in [2.24, 2.45) is 0 Å². The lowest BCUT2D eigenvalue weighted by Crippen LogP contribution is -2.24. The first-order valence-corrected chi connectivity index (χ1v) is 8.59.